The molecule has 5 amide bonds. The highest BCUT2D eigenvalue weighted by Gasteiger charge is 2.77. The summed E-state index contributed by atoms with van der Waals surface area (Å²) in [6.07, 6.45) is 4.37. The molecular weight excluding hydrogens is 557 g/mol. The predicted molar refractivity (Wildman–Crippen MR) is 154 cm³/mol. The molecule has 4 fully saturated rings. The molecule has 0 radical (unpaired) electrons. The van der Waals surface area contributed by atoms with Gasteiger partial charge >= 0.3 is 6.03 Å². The molecular formula is C33H29ClFN3O4. The summed E-state index contributed by atoms with van der Waals surface area (Å²) in [5, 5.41) is 0.478. The Morgan fingerprint density at radius 1 is 0.833 bits per heavy atom. The molecule has 3 aromatic carbocycles. The fraction of sp³-hybridized carbons (Fsp3) is 0.333. The quantitative estimate of drug-likeness (QED) is 0.275. The molecule has 7 rings (SSSR count). The van der Waals surface area contributed by atoms with Crippen molar-refractivity contribution < 1.29 is 23.6 Å². The number of carbonyl (C=O) groups is 4. The van der Waals surface area contributed by atoms with E-state index in [1.165, 1.54) is 28.0 Å². The maximum atomic E-state index is 14.8. The third kappa shape index (κ3) is 3.84. The molecule has 3 aromatic rings. The number of benzene rings is 3. The average Bonchev–Trinajstić information content (AvgIpc) is 3.52. The van der Waals surface area contributed by atoms with Gasteiger partial charge in [-0.2, -0.15) is 0 Å². The highest BCUT2D eigenvalue weighted by atomic mass is 35.5. The number of fused-ring (bicyclic) bond motifs is 3. The molecule has 9 heteroatoms. The van der Waals surface area contributed by atoms with Crippen LogP contribution >= 0.6 is 11.6 Å². The van der Waals surface area contributed by atoms with Crippen LogP contribution in [0.3, 0.4) is 0 Å². The van der Waals surface area contributed by atoms with E-state index < -0.39 is 47.1 Å². The minimum absolute atomic E-state index is 0.0347. The van der Waals surface area contributed by atoms with Crippen molar-refractivity contribution in [1.82, 2.24) is 9.80 Å². The van der Waals surface area contributed by atoms with Gasteiger partial charge in [0.15, 0.2) is 0 Å². The number of urea groups is 1. The number of amides is 5. The lowest BCUT2D eigenvalue weighted by Crippen LogP contribution is -2.56. The molecule has 0 N–H and O–H groups in total. The van der Waals surface area contributed by atoms with Gasteiger partial charge in [-0.1, -0.05) is 79.4 Å². The van der Waals surface area contributed by atoms with E-state index in [9.17, 15) is 23.6 Å². The molecule has 7 nitrogen and oxygen atoms in total. The van der Waals surface area contributed by atoms with Gasteiger partial charge in [0.1, 0.15) is 11.4 Å². The van der Waals surface area contributed by atoms with Crippen LogP contribution in [-0.4, -0.2) is 45.1 Å². The topological polar surface area (TPSA) is 78.0 Å². The summed E-state index contributed by atoms with van der Waals surface area (Å²) in [4.78, 5) is 61.9. The summed E-state index contributed by atoms with van der Waals surface area (Å²) in [5.74, 6) is -4.00. The minimum Gasteiger partial charge on any atom is -0.300 e. The van der Waals surface area contributed by atoms with E-state index in [2.05, 4.69) is 0 Å². The molecule has 0 bridgehead atoms. The summed E-state index contributed by atoms with van der Waals surface area (Å²) in [7, 11) is 0. The number of halogens is 2. The number of hydrogen-bond acceptors (Lipinski definition) is 4. The van der Waals surface area contributed by atoms with Crippen molar-refractivity contribution in [2.45, 2.75) is 56.1 Å². The molecule has 3 saturated heterocycles. The van der Waals surface area contributed by atoms with Crippen LogP contribution in [0.5, 0.6) is 0 Å². The van der Waals surface area contributed by atoms with E-state index in [0.29, 0.717) is 10.6 Å². The monoisotopic (exact) mass is 585 g/mol. The molecule has 0 unspecified atom stereocenters. The van der Waals surface area contributed by atoms with Crippen LogP contribution in [0.4, 0.5) is 14.9 Å². The van der Waals surface area contributed by atoms with Crippen LogP contribution in [0.1, 0.15) is 49.3 Å². The lowest BCUT2D eigenvalue weighted by Gasteiger charge is -2.37. The molecule has 3 heterocycles. The number of imide groups is 2. The van der Waals surface area contributed by atoms with Crippen molar-refractivity contribution in [3.8, 4) is 0 Å². The van der Waals surface area contributed by atoms with Gasteiger partial charge in [-0.3, -0.25) is 19.3 Å². The number of rotatable bonds is 5. The second-order valence-electron chi connectivity index (χ2n) is 11.7. The summed E-state index contributed by atoms with van der Waals surface area (Å²) < 4.78 is 14.4. The zero-order valence-electron chi connectivity index (χ0n) is 22.8. The molecule has 0 aromatic heterocycles. The van der Waals surface area contributed by atoms with E-state index in [4.69, 9.17) is 11.6 Å². The number of likely N-dealkylation sites (tertiary alicyclic amines) is 1. The molecule has 4 aliphatic rings. The van der Waals surface area contributed by atoms with E-state index in [1.54, 1.807) is 24.3 Å². The Bertz CT molecular complexity index is 1590. The van der Waals surface area contributed by atoms with Gasteiger partial charge in [0.05, 0.1) is 23.6 Å². The van der Waals surface area contributed by atoms with Crippen LogP contribution in [0.2, 0.25) is 5.02 Å². The zero-order chi connectivity index (χ0) is 29.2. The summed E-state index contributed by atoms with van der Waals surface area (Å²) in [6, 6.07) is 19.6. The first-order valence-corrected chi connectivity index (χ1v) is 14.8. The highest BCUT2D eigenvalue weighted by Crippen LogP contribution is 2.60. The first kappa shape index (κ1) is 26.8. The molecule has 214 valence electrons. The first-order chi connectivity index (χ1) is 20.3. The van der Waals surface area contributed by atoms with Crippen LogP contribution in [0, 0.1) is 17.7 Å². The van der Waals surface area contributed by atoms with Crippen molar-refractivity contribution in [1.29, 1.82) is 0 Å². The second-order valence-corrected chi connectivity index (χ2v) is 12.1. The summed E-state index contributed by atoms with van der Waals surface area (Å²) >= 11 is 6.21. The lowest BCUT2D eigenvalue weighted by atomic mass is 9.75. The Morgan fingerprint density at radius 3 is 2.24 bits per heavy atom. The first-order valence-electron chi connectivity index (χ1n) is 14.4. The third-order valence-electron chi connectivity index (χ3n) is 9.45. The Labute approximate surface area is 247 Å². The molecule has 1 saturated carbocycles. The number of carbonyl (C=O) groups excluding carboxylic acids is 4. The van der Waals surface area contributed by atoms with Crippen molar-refractivity contribution in [2.75, 3.05) is 4.90 Å². The summed E-state index contributed by atoms with van der Waals surface area (Å²) in [6.45, 7) is 0. The zero-order valence-corrected chi connectivity index (χ0v) is 23.5. The van der Waals surface area contributed by atoms with Gasteiger partial charge in [-0.05, 0) is 54.3 Å². The van der Waals surface area contributed by atoms with Crippen molar-refractivity contribution in [2.24, 2.45) is 11.8 Å². The molecule has 1 aliphatic carbocycles. The fourth-order valence-electron chi connectivity index (χ4n) is 7.74. The van der Waals surface area contributed by atoms with Crippen LogP contribution < -0.4 is 4.90 Å². The lowest BCUT2D eigenvalue weighted by molar-refractivity contribution is -0.147. The highest BCUT2D eigenvalue weighted by molar-refractivity contribution is 6.30. The smallest absolute Gasteiger partial charge is 0.300 e. The Balaban J connectivity index is 1.45. The maximum absolute atomic E-state index is 14.8. The number of hydrogen-bond donors (Lipinski definition) is 0. The standard InChI is InChI=1S/C33H29ClFN3O4/c34-22-16-14-21(15-17-22)28-26-27(30(40)36(29(26)39)24-11-5-2-6-12-24)33(19-20-8-3-1-4-9-20)31(41)37(32(42)38(28)33)25-13-7-10-23(35)18-25/h1,3-4,7-10,13-18,24,26-28H,2,5-6,11-12,19H2/t26-,27-,28-,33-/m1/s1. The Morgan fingerprint density at radius 2 is 1.55 bits per heavy atom. The normalized spacial score (nSPS) is 27.7. The van der Waals surface area contributed by atoms with Crippen LogP contribution in [0.25, 0.3) is 0 Å². The molecule has 42 heavy (non-hydrogen) atoms. The summed E-state index contributed by atoms with van der Waals surface area (Å²) in [5.41, 5.74) is -0.246. The van der Waals surface area contributed by atoms with Gasteiger partial charge in [0.25, 0.3) is 5.91 Å². The fourth-order valence-corrected chi connectivity index (χ4v) is 7.87. The van der Waals surface area contributed by atoms with E-state index in [0.717, 1.165) is 48.6 Å². The second kappa shape index (κ2) is 10.1. The van der Waals surface area contributed by atoms with E-state index in [1.807, 2.05) is 30.3 Å². The SMILES string of the molecule is O=C1[C@H]2[C@@H](c3ccc(Cl)cc3)N3C(=O)N(c4cccc(F)c4)C(=O)[C@@]3(Cc3ccccc3)[C@H]2C(=O)N1C1CCCCC1. The third-order valence-corrected chi connectivity index (χ3v) is 9.70. The number of anilines is 1. The predicted octanol–water partition coefficient (Wildman–Crippen LogP) is 5.92. The van der Waals surface area contributed by atoms with Gasteiger partial charge < -0.3 is 4.90 Å². The van der Waals surface area contributed by atoms with Crippen LogP contribution in [-0.2, 0) is 20.8 Å². The average molecular weight is 586 g/mol. The van der Waals surface area contributed by atoms with E-state index in [-0.39, 0.29) is 24.1 Å². The van der Waals surface area contributed by atoms with E-state index >= 15 is 0 Å². The number of nitrogens with zero attached hydrogens (tertiary/aromatic N) is 3. The largest absolute Gasteiger partial charge is 0.332 e. The molecule has 0 spiro atoms. The van der Waals surface area contributed by atoms with Crippen molar-refractivity contribution in [3.63, 3.8) is 0 Å². The van der Waals surface area contributed by atoms with Gasteiger partial charge in [-0.15, -0.1) is 0 Å². The Hall–Kier alpha value is -4.04. The molecule has 4 atom stereocenters. The minimum atomic E-state index is -1.68. The van der Waals surface area contributed by atoms with Gasteiger partial charge in [0, 0.05) is 17.5 Å². The van der Waals surface area contributed by atoms with Gasteiger partial charge in [-0.25, -0.2) is 14.1 Å². The van der Waals surface area contributed by atoms with Crippen molar-refractivity contribution in [3.05, 3.63) is 101 Å². The Kier molecular flexibility index (Phi) is 6.42. The molecule has 3 aliphatic heterocycles. The van der Waals surface area contributed by atoms with Crippen LogP contribution in [0.15, 0.2) is 78.9 Å². The van der Waals surface area contributed by atoms with Gasteiger partial charge in [0.2, 0.25) is 11.8 Å². The maximum Gasteiger partial charge on any atom is 0.332 e. The van der Waals surface area contributed by atoms with Crippen molar-refractivity contribution >= 4 is 41.0 Å².